The molecule has 1 atom stereocenters. The minimum atomic E-state index is -0.899. The normalized spacial score (nSPS) is 15.7. The van der Waals surface area contributed by atoms with Crippen LogP contribution in [0.25, 0.3) is 0 Å². The summed E-state index contributed by atoms with van der Waals surface area (Å²) < 4.78 is 0. The van der Waals surface area contributed by atoms with Crippen molar-refractivity contribution < 1.29 is 14.7 Å². The van der Waals surface area contributed by atoms with E-state index in [2.05, 4.69) is 26.1 Å². The SMILES string of the molecule is CCC(C)(CC(C)(C)C(=O)O)C(=O)NCC(C)(C)C. The third-order valence-corrected chi connectivity index (χ3v) is 3.52. The van der Waals surface area contributed by atoms with Crippen LogP contribution in [0.4, 0.5) is 0 Å². The largest absolute Gasteiger partial charge is 0.481 e. The Balaban J connectivity index is 4.87. The van der Waals surface area contributed by atoms with Crippen LogP contribution in [0.3, 0.4) is 0 Å². The van der Waals surface area contributed by atoms with Gasteiger partial charge in [-0.15, -0.1) is 0 Å². The Hall–Kier alpha value is -1.06. The molecule has 0 spiro atoms. The van der Waals surface area contributed by atoms with E-state index in [9.17, 15) is 14.7 Å². The van der Waals surface area contributed by atoms with E-state index in [0.29, 0.717) is 19.4 Å². The van der Waals surface area contributed by atoms with Crippen molar-refractivity contribution in [1.29, 1.82) is 0 Å². The summed E-state index contributed by atoms with van der Waals surface area (Å²) in [6, 6.07) is 0. The van der Waals surface area contributed by atoms with E-state index in [-0.39, 0.29) is 11.3 Å². The van der Waals surface area contributed by atoms with E-state index >= 15 is 0 Å². The molecule has 0 aliphatic rings. The van der Waals surface area contributed by atoms with Crippen molar-refractivity contribution in [2.45, 2.75) is 61.3 Å². The molecule has 0 radical (unpaired) electrons. The lowest BCUT2D eigenvalue weighted by Gasteiger charge is -2.34. The molecule has 112 valence electrons. The lowest BCUT2D eigenvalue weighted by atomic mass is 9.71. The first-order chi connectivity index (χ1) is 8.34. The smallest absolute Gasteiger partial charge is 0.309 e. The Morgan fingerprint density at radius 2 is 1.53 bits per heavy atom. The summed E-state index contributed by atoms with van der Waals surface area (Å²) in [5, 5.41) is 12.2. The van der Waals surface area contributed by atoms with Crippen molar-refractivity contribution >= 4 is 11.9 Å². The molecule has 0 saturated carbocycles. The highest BCUT2D eigenvalue weighted by Gasteiger charge is 2.41. The molecular weight excluding hydrogens is 242 g/mol. The summed E-state index contributed by atoms with van der Waals surface area (Å²) in [7, 11) is 0. The van der Waals surface area contributed by atoms with Gasteiger partial charge in [0.25, 0.3) is 0 Å². The van der Waals surface area contributed by atoms with Crippen molar-refractivity contribution in [2.24, 2.45) is 16.2 Å². The molecule has 0 fully saturated rings. The summed E-state index contributed by atoms with van der Waals surface area (Å²) in [6.45, 7) is 13.9. The Kier molecular flexibility index (Phi) is 5.60. The lowest BCUT2D eigenvalue weighted by molar-refractivity contribution is -0.150. The molecule has 0 heterocycles. The van der Waals surface area contributed by atoms with Crippen LogP contribution >= 0.6 is 0 Å². The second-order valence-electron chi connectivity index (χ2n) is 7.52. The fraction of sp³-hybridized carbons (Fsp3) is 0.867. The molecule has 0 saturated heterocycles. The van der Waals surface area contributed by atoms with Crippen LogP contribution in [-0.2, 0) is 9.59 Å². The number of carbonyl (C=O) groups excluding carboxylic acids is 1. The molecule has 19 heavy (non-hydrogen) atoms. The van der Waals surface area contributed by atoms with Gasteiger partial charge in [-0.05, 0) is 32.1 Å². The van der Waals surface area contributed by atoms with E-state index in [1.807, 2.05) is 13.8 Å². The molecule has 0 aliphatic heterocycles. The maximum atomic E-state index is 12.3. The van der Waals surface area contributed by atoms with Gasteiger partial charge in [0, 0.05) is 12.0 Å². The first-order valence-electron chi connectivity index (χ1n) is 6.86. The van der Waals surface area contributed by atoms with Gasteiger partial charge in [0.05, 0.1) is 5.41 Å². The van der Waals surface area contributed by atoms with Crippen molar-refractivity contribution in [2.75, 3.05) is 6.54 Å². The summed E-state index contributed by atoms with van der Waals surface area (Å²) in [5.74, 6) is -0.921. The van der Waals surface area contributed by atoms with E-state index < -0.39 is 16.8 Å². The second kappa shape index (κ2) is 5.93. The molecule has 4 heteroatoms. The van der Waals surface area contributed by atoms with Gasteiger partial charge in [-0.1, -0.05) is 34.6 Å². The Morgan fingerprint density at radius 1 is 1.05 bits per heavy atom. The van der Waals surface area contributed by atoms with Crippen molar-refractivity contribution in [3.8, 4) is 0 Å². The van der Waals surface area contributed by atoms with E-state index in [4.69, 9.17) is 0 Å². The Labute approximate surface area is 117 Å². The standard InChI is InChI=1S/C15H29NO3/c1-8-15(7,9-14(5,6)12(18)19)11(17)16-10-13(2,3)4/h8-10H2,1-7H3,(H,16,17)(H,18,19). The molecule has 2 N–H and O–H groups in total. The first-order valence-corrected chi connectivity index (χ1v) is 6.86. The number of hydrogen-bond acceptors (Lipinski definition) is 2. The lowest BCUT2D eigenvalue weighted by Crippen LogP contribution is -2.45. The molecular formula is C15H29NO3. The fourth-order valence-corrected chi connectivity index (χ4v) is 1.98. The van der Waals surface area contributed by atoms with E-state index in [1.54, 1.807) is 13.8 Å². The van der Waals surface area contributed by atoms with Gasteiger partial charge in [-0.25, -0.2) is 0 Å². The molecule has 4 nitrogen and oxygen atoms in total. The highest BCUT2D eigenvalue weighted by atomic mass is 16.4. The number of carboxylic acids is 1. The third kappa shape index (κ3) is 5.62. The van der Waals surface area contributed by atoms with Crippen LogP contribution in [-0.4, -0.2) is 23.5 Å². The highest BCUT2D eigenvalue weighted by molar-refractivity contribution is 5.83. The predicted molar refractivity (Wildman–Crippen MR) is 76.9 cm³/mol. The van der Waals surface area contributed by atoms with Crippen molar-refractivity contribution in [3.63, 3.8) is 0 Å². The summed E-state index contributed by atoms with van der Waals surface area (Å²) in [5.41, 5.74) is -1.52. The first kappa shape index (κ1) is 17.9. The number of hydrogen-bond donors (Lipinski definition) is 2. The molecule has 1 unspecified atom stereocenters. The monoisotopic (exact) mass is 271 g/mol. The zero-order valence-electron chi connectivity index (χ0n) is 13.4. The molecule has 0 aromatic carbocycles. The van der Waals surface area contributed by atoms with Gasteiger partial charge in [0.2, 0.25) is 5.91 Å². The highest BCUT2D eigenvalue weighted by Crippen LogP contribution is 2.37. The molecule has 0 aromatic rings. The summed E-state index contributed by atoms with van der Waals surface area (Å²) >= 11 is 0. The topological polar surface area (TPSA) is 66.4 Å². The third-order valence-electron chi connectivity index (χ3n) is 3.52. The van der Waals surface area contributed by atoms with Crippen LogP contribution in [0.1, 0.15) is 61.3 Å². The maximum Gasteiger partial charge on any atom is 0.309 e. The summed E-state index contributed by atoms with van der Waals surface area (Å²) in [4.78, 5) is 23.6. The quantitative estimate of drug-likeness (QED) is 0.780. The van der Waals surface area contributed by atoms with Crippen LogP contribution in [0.2, 0.25) is 0 Å². The predicted octanol–water partition coefficient (Wildman–Crippen LogP) is 3.07. The molecule has 1 amide bonds. The number of amides is 1. The number of nitrogens with one attached hydrogen (secondary N) is 1. The minimum absolute atomic E-state index is 0.0205. The van der Waals surface area contributed by atoms with Crippen LogP contribution < -0.4 is 5.32 Å². The van der Waals surface area contributed by atoms with E-state index in [1.165, 1.54) is 0 Å². The van der Waals surface area contributed by atoms with Crippen molar-refractivity contribution in [1.82, 2.24) is 5.32 Å². The number of carbonyl (C=O) groups is 2. The Morgan fingerprint density at radius 3 is 1.84 bits per heavy atom. The number of aliphatic carboxylic acids is 1. The molecule has 0 rings (SSSR count). The molecule has 0 aromatic heterocycles. The summed E-state index contributed by atoms with van der Waals surface area (Å²) in [6.07, 6.45) is 0.960. The number of rotatable bonds is 6. The second-order valence-corrected chi connectivity index (χ2v) is 7.52. The molecule has 0 bridgehead atoms. The Bertz CT molecular complexity index is 342. The van der Waals surface area contributed by atoms with Gasteiger partial charge in [0.15, 0.2) is 0 Å². The average Bonchev–Trinajstić information content (AvgIpc) is 2.23. The van der Waals surface area contributed by atoms with Crippen molar-refractivity contribution in [3.05, 3.63) is 0 Å². The van der Waals surface area contributed by atoms with E-state index in [0.717, 1.165) is 0 Å². The van der Waals surface area contributed by atoms with Gasteiger partial charge >= 0.3 is 5.97 Å². The van der Waals surface area contributed by atoms with Gasteiger partial charge in [-0.3, -0.25) is 9.59 Å². The van der Waals surface area contributed by atoms with Gasteiger partial charge in [-0.2, -0.15) is 0 Å². The van der Waals surface area contributed by atoms with Crippen LogP contribution in [0, 0.1) is 16.2 Å². The van der Waals surface area contributed by atoms with Crippen LogP contribution in [0.15, 0.2) is 0 Å². The molecule has 0 aliphatic carbocycles. The zero-order valence-corrected chi connectivity index (χ0v) is 13.4. The minimum Gasteiger partial charge on any atom is -0.481 e. The van der Waals surface area contributed by atoms with Gasteiger partial charge in [0.1, 0.15) is 0 Å². The average molecular weight is 271 g/mol. The fourth-order valence-electron chi connectivity index (χ4n) is 1.98. The van der Waals surface area contributed by atoms with Crippen LogP contribution in [0.5, 0.6) is 0 Å². The zero-order chi connectivity index (χ0) is 15.5. The van der Waals surface area contributed by atoms with Gasteiger partial charge < -0.3 is 10.4 Å². The number of carboxylic acid groups (broad SMARTS) is 1. The maximum absolute atomic E-state index is 12.3.